The first-order valence-electron chi connectivity index (χ1n) is 2.91. The highest BCUT2D eigenvalue weighted by Crippen LogP contribution is 1.99. The molecular formula is C6H6O6. The Morgan fingerprint density at radius 2 is 1.42 bits per heavy atom. The third kappa shape index (κ3) is 2.91. The van der Waals surface area contributed by atoms with Crippen molar-refractivity contribution in [3.05, 3.63) is 0 Å². The van der Waals surface area contributed by atoms with E-state index in [1.165, 1.54) is 0 Å². The third-order valence-electron chi connectivity index (χ3n) is 1.04. The van der Waals surface area contributed by atoms with Gasteiger partial charge in [-0.05, 0) is 6.92 Å². The van der Waals surface area contributed by atoms with Gasteiger partial charge in [0.1, 0.15) is 0 Å². The van der Waals surface area contributed by atoms with Gasteiger partial charge in [0.2, 0.25) is 0 Å². The topological polar surface area (TPSA) is 86.7 Å². The Hall–Kier alpha value is -1.72. The summed E-state index contributed by atoms with van der Waals surface area (Å²) in [5.74, 6) is -3.39. The zero-order valence-electron chi connectivity index (χ0n) is 6.18. The van der Waals surface area contributed by atoms with Crippen molar-refractivity contribution < 1.29 is 28.7 Å². The zero-order valence-corrected chi connectivity index (χ0v) is 6.18. The lowest BCUT2D eigenvalue weighted by atomic mass is 10.2. The molecule has 0 fully saturated rings. The number of ether oxygens (including phenoxy) is 2. The van der Waals surface area contributed by atoms with Gasteiger partial charge < -0.3 is 9.47 Å². The Bertz CT molecular complexity index is 186. The molecule has 6 nitrogen and oxygen atoms in total. The molecule has 66 valence electrons. The van der Waals surface area contributed by atoms with E-state index in [0.29, 0.717) is 0 Å². The van der Waals surface area contributed by atoms with Crippen LogP contribution in [0.2, 0.25) is 0 Å². The molecule has 0 N–H and O–H groups in total. The molecule has 0 unspecified atom stereocenters. The lowest BCUT2D eigenvalue weighted by Gasteiger charge is -2.02. The van der Waals surface area contributed by atoms with Crippen LogP contribution in [0.15, 0.2) is 0 Å². The highest BCUT2D eigenvalue weighted by Gasteiger charge is 2.24. The van der Waals surface area contributed by atoms with Crippen molar-refractivity contribution in [1.29, 1.82) is 0 Å². The normalized spacial score (nSPS) is 8.83. The van der Waals surface area contributed by atoms with Gasteiger partial charge >= 0.3 is 24.9 Å². The highest BCUT2D eigenvalue weighted by atomic mass is 16.6. The average molecular weight is 174 g/mol. The highest BCUT2D eigenvalue weighted by molar-refractivity contribution is 5.98. The van der Waals surface area contributed by atoms with E-state index in [1.54, 1.807) is 0 Å². The zero-order chi connectivity index (χ0) is 9.56. The van der Waals surface area contributed by atoms with Gasteiger partial charge in [-0.25, -0.2) is 0 Å². The van der Waals surface area contributed by atoms with Gasteiger partial charge in [-0.3, -0.25) is 19.2 Å². The summed E-state index contributed by atoms with van der Waals surface area (Å²) in [5, 5.41) is 0. The number of hydrogen-bond acceptors (Lipinski definition) is 6. The van der Waals surface area contributed by atoms with E-state index in [1.807, 2.05) is 0 Å². The average Bonchev–Trinajstić information content (AvgIpc) is 2.04. The smallest absolute Gasteiger partial charge is 0.327 e. The molecule has 0 rings (SSSR count). The quantitative estimate of drug-likeness (QED) is 0.309. The van der Waals surface area contributed by atoms with Crippen molar-refractivity contribution in [1.82, 2.24) is 0 Å². The van der Waals surface area contributed by atoms with Gasteiger partial charge in [-0.15, -0.1) is 0 Å². The SMILES string of the molecule is CC(C(=O)OC=O)C(=O)OC=O. The predicted molar refractivity (Wildman–Crippen MR) is 33.5 cm³/mol. The van der Waals surface area contributed by atoms with E-state index in [9.17, 15) is 19.2 Å². The minimum atomic E-state index is -1.28. The molecule has 0 saturated heterocycles. The van der Waals surface area contributed by atoms with Crippen LogP contribution in [-0.4, -0.2) is 24.9 Å². The Balaban J connectivity index is 4.07. The second kappa shape index (κ2) is 5.00. The van der Waals surface area contributed by atoms with Gasteiger partial charge in [0, 0.05) is 0 Å². The number of hydrogen-bond donors (Lipinski definition) is 0. The molecule has 0 heterocycles. The van der Waals surface area contributed by atoms with Crippen molar-refractivity contribution in [3.63, 3.8) is 0 Å². The summed E-state index contributed by atoms with van der Waals surface area (Å²) in [7, 11) is 0. The Kier molecular flexibility index (Phi) is 4.28. The molecule has 0 aromatic heterocycles. The summed E-state index contributed by atoms with van der Waals surface area (Å²) in [6.45, 7) is 0.942. The second-order valence-electron chi connectivity index (χ2n) is 1.79. The third-order valence-corrected chi connectivity index (χ3v) is 1.04. The lowest BCUT2D eigenvalue weighted by Crippen LogP contribution is -2.24. The minimum Gasteiger partial charge on any atom is -0.395 e. The summed E-state index contributed by atoms with van der Waals surface area (Å²) >= 11 is 0. The van der Waals surface area contributed by atoms with Crippen LogP contribution < -0.4 is 0 Å². The molecule has 0 aromatic rings. The van der Waals surface area contributed by atoms with E-state index in [2.05, 4.69) is 9.47 Å². The maximum Gasteiger partial charge on any atom is 0.327 e. The van der Waals surface area contributed by atoms with Crippen LogP contribution in [0, 0.1) is 5.92 Å². The summed E-state index contributed by atoms with van der Waals surface area (Å²) in [6.07, 6.45) is 0. The Morgan fingerprint density at radius 1 is 1.08 bits per heavy atom. The summed E-state index contributed by atoms with van der Waals surface area (Å²) in [4.78, 5) is 40.4. The fourth-order valence-corrected chi connectivity index (χ4v) is 0.395. The molecule has 0 bridgehead atoms. The molecule has 0 aliphatic rings. The molecule has 0 spiro atoms. The van der Waals surface area contributed by atoms with Crippen molar-refractivity contribution in [2.24, 2.45) is 5.92 Å². The maximum absolute atomic E-state index is 10.6. The van der Waals surface area contributed by atoms with Crippen LogP contribution in [0.1, 0.15) is 6.92 Å². The van der Waals surface area contributed by atoms with Crippen LogP contribution in [0.3, 0.4) is 0 Å². The number of esters is 2. The van der Waals surface area contributed by atoms with Gasteiger partial charge in [0.05, 0.1) is 0 Å². The van der Waals surface area contributed by atoms with Crippen molar-refractivity contribution in [3.8, 4) is 0 Å². The first-order chi connectivity index (χ1) is 5.63. The molecule has 0 saturated carbocycles. The van der Waals surface area contributed by atoms with Gasteiger partial charge in [0.15, 0.2) is 5.92 Å². The van der Waals surface area contributed by atoms with E-state index >= 15 is 0 Å². The fourth-order valence-electron chi connectivity index (χ4n) is 0.395. The molecule has 0 amide bonds. The maximum atomic E-state index is 10.6. The minimum absolute atomic E-state index is 0.104. The molecule has 0 atom stereocenters. The monoisotopic (exact) mass is 174 g/mol. The number of carbonyl (C=O) groups excluding carboxylic acids is 4. The predicted octanol–water partition coefficient (Wildman–Crippen LogP) is -0.978. The van der Waals surface area contributed by atoms with Crippen LogP contribution in [0.25, 0.3) is 0 Å². The lowest BCUT2D eigenvalue weighted by molar-refractivity contribution is -0.163. The van der Waals surface area contributed by atoms with Crippen molar-refractivity contribution >= 4 is 24.9 Å². The summed E-state index contributed by atoms with van der Waals surface area (Å²) in [5.41, 5.74) is 0. The van der Waals surface area contributed by atoms with Crippen molar-refractivity contribution in [2.75, 3.05) is 0 Å². The molecular weight excluding hydrogens is 168 g/mol. The van der Waals surface area contributed by atoms with Crippen molar-refractivity contribution in [2.45, 2.75) is 6.92 Å². The molecule has 12 heavy (non-hydrogen) atoms. The number of rotatable bonds is 4. The molecule has 0 aromatic carbocycles. The van der Waals surface area contributed by atoms with E-state index < -0.39 is 17.9 Å². The molecule has 0 aliphatic heterocycles. The molecule has 6 heteroatoms. The summed E-state index contributed by atoms with van der Waals surface area (Å²) in [6, 6.07) is 0. The van der Waals surface area contributed by atoms with E-state index in [4.69, 9.17) is 0 Å². The van der Waals surface area contributed by atoms with Crippen LogP contribution in [0.4, 0.5) is 0 Å². The van der Waals surface area contributed by atoms with Crippen LogP contribution >= 0.6 is 0 Å². The van der Waals surface area contributed by atoms with E-state index in [0.717, 1.165) is 6.92 Å². The number of carbonyl (C=O) groups is 4. The first-order valence-corrected chi connectivity index (χ1v) is 2.91. The van der Waals surface area contributed by atoms with Crippen LogP contribution in [0.5, 0.6) is 0 Å². The second-order valence-corrected chi connectivity index (χ2v) is 1.79. The Morgan fingerprint density at radius 3 is 1.67 bits per heavy atom. The standard InChI is InChI=1S/C6H6O6/c1-4(5(9)11-2-7)6(10)12-3-8/h2-4H,1H3. The fraction of sp³-hybridized carbons (Fsp3) is 0.333. The summed E-state index contributed by atoms with van der Waals surface area (Å²) < 4.78 is 7.67. The molecule has 0 radical (unpaired) electrons. The van der Waals surface area contributed by atoms with Gasteiger partial charge in [-0.1, -0.05) is 0 Å². The van der Waals surface area contributed by atoms with E-state index in [-0.39, 0.29) is 12.9 Å². The largest absolute Gasteiger partial charge is 0.395 e. The van der Waals surface area contributed by atoms with Crippen LogP contribution in [-0.2, 0) is 28.7 Å². The Labute approximate surface area is 67.4 Å². The molecule has 0 aliphatic carbocycles. The van der Waals surface area contributed by atoms with Gasteiger partial charge in [0.25, 0.3) is 0 Å². The van der Waals surface area contributed by atoms with Gasteiger partial charge in [-0.2, -0.15) is 0 Å². The first kappa shape index (κ1) is 10.3.